The van der Waals surface area contributed by atoms with Crippen molar-refractivity contribution in [3.05, 3.63) is 18.0 Å². The van der Waals surface area contributed by atoms with Gasteiger partial charge in [-0.3, -0.25) is 9.48 Å². The molecular formula is C14H25N3O. The molecule has 0 amide bonds. The molecule has 0 aromatic carbocycles. The van der Waals surface area contributed by atoms with E-state index in [9.17, 15) is 4.79 Å². The van der Waals surface area contributed by atoms with E-state index in [0.29, 0.717) is 18.9 Å². The van der Waals surface area contributed by atoms with E-state index in [1.54, 1.807) is 0 Å². The highest BCUT2D eigenvalue weighted by Crippen LogP contribution is 2.14. The number of hydrogen-bond acceptors (Lipinski definition) is 3. The molecular weight excluding hydrogens is 226 g/mol. The molecule has 0 spiro atoms. The molecule has 4 heteroatoms. The molecule has 4 nitrogen and oxygen atoms in total. The van der Waals surface area contributed by atoms with Crippen molar-refractivity contribution in [1.29, 1.82) is 0 Å². The maximum absolute atomic E-state index is 11.8. The maximum Gasteiger partial charge on any atom is 0.140 e. The molecule has 1 aromatic heterocycles. The van der Waals surface area contributed by atoms with Crippen molar-refractivity contribution in [3.8, 4) is 0 Å². The molecule has 0 aliphatic carbocycles. The van der Waals surface area contributed by atoms with Gasteiger partial charge in [0.1, 0.15) is 5.78 Å². The molecule has 0 saturated carbocycles. The SMILES string of the molecule is CCC(CC)n1ccc(CC(=O)CCN(C)C)n1. The van der Waals surface area contributed by atoms with E-state index >= 15 is 0 Å². The molecule has 0 atom stereocenters. The fraction of sp³-hybridized carbons (Fsp3) is 0.714. The number of rotatable bonds is 8. The predicted octanol–water partition coefficient (Wildman–Crippen LogP) is 2.31. The van der Waals surface area contributed by atoms with Gasteiger partial charge < -0.3 is 4.90 Å². The smallest absolute Gasteiger partial charge is 0.140 e. The van der Waals surface area contributed by atoms with Gasteiger partial charge in [-0.15, -0.1) is 0 Å². The van der Waals surface area contributed by atoms with E-state index in [4.69, 9.17) is 0 Å². The molecule has 102 valence electrons. The largest absolute Gasteiger partial charge is 0.309 e. The van der Waals surface area contributed by atoms with Gasteiger partial charge in [0.05, 0.1) is 18.2 Å². The number of hydrogen-bond donors (Lipinski definition) is 0. The highest BCUT2D eigenvalue weighted by atomic mass is 16.1. The molecule has 0 aliphatic heterocycles. The lowest BCUT2D eigenvalue weighted by atomic mass is 10.1. The maximum atomic E-state index is 11.8. The summed E-state index contributed by atoms with van der Waals surface area (Å²) in [6.45, 7) is 5.14. The lowest BCUT2D eigenvalue weighted by Crippen LogP contribution is -2.17. The molecule has 1 aromatic rings. The molecule has 1 heterocycles. The summed E-state index contributed by atoms with van der Waals surface area (Å²) >= 11 is 0. The van der Waals surface area contributed by atoms with Gasteiger partial charge in [0, 0.05) is 19.2 Å². The van der Waals surface area contributed by atoms with Crippen molar-refractivity contribution >= 4 is 5.78 Å². The Bertz CT molecular complexity index is 367. The van der Waals surface area contributed by atoms with Crippen LogP contribution in [0.25, 0.3) is 0 Å². The lowest BCUT2D eigenvalue weighted by Gasteiger charge is -2.12. The highest BCUT2D eigenvalue weighted by molar-refractivity contribution is 5.80. The molecule has 0 unspecified atom stereocenters. The van der Waals surface area contributed by atoms with E-state index in [-0.39, 0.29) is 5.78 Å². The third kappa shape index (κ3) is 4.61. The molecule has 0 saturated heterocycles. The summed E-state index contributed by atoms with van der Waals surface area (Å²) in [6.07, 6.45) is 5.20. The fourth-order valence-corrected chi connectivity index (χ4v) is 1.98. The fourth-order valence-electron chi connectivity index (χ4n) is 1.98. The number of carbonyl (C=O) groups is 1. The Hall–Kier alpha value is -1.16. The van der Waals surface area contributed by atoms with Crippen molar-refractivity contribution in [2.75, 3.05) is 20.6 Å². The van der Waals surface area contributed by atoms with Gasteiger partial charge in [-0.05, 0) is 33.0 Å². The Morgan fingerprint density at radius 2 is 2.06 bits per heavy atom. The van der Waals surface area contributed by atoms with Crippen molar-refractivity contribution in [2.24, 2.45) is 0 Å². The van der Waals surface area contributed by atoms with Crippen LogP contribution in [-0.2, 0) is 11.2 Å². The van der Waals surface area contributed by atoms with Crippen LogP contribution >= 0.6 is 0 Å². The van der Waals surface area contributed by atoms with Crippen LogP contribution in [0.2, 0.25) is 0 Å². The first-order valence-corrected chi connectivity index (χ1v) is 6.77. The zero-order valence-electron chi connectivity index (χ0n) is 12.0. The van der Waals surface area contributed by atoms with Crippen LogP contribution in [0.5, 0.6) is 0 Å². The average Bonchev–Trinajstić information content (AvgIpc) is 2.76. The first kappa shape index (κ1) is 14.9. The first-order chi connectivity index (χ1) is 8.56. The Labute approximate surface area is 110 Å². The van der Waals surface area contributed by atoms with Crippen LogP contribution in [-0.4, -0.2) is 41.1 Å². The first-order valence-electron chi connectivity index (χ1n) is 6.77. The summed E-state index contributed by atoms with van der Waals surface area (Å²) in [6, 6.07) is 2.42. The minimum Gasteiger partial charge on any atom is -0.309 e. The topological polar surface area (TPSA) is 38.1 Å². The highest BCUT2D eigenvalue weighted by Gasteiger charge is 2.10. The molecule has 0 N–H and O–H groups in total. The Morgan fingerprint density at radius 1 is 1.39 bits per heavy atom. The number of carbonyl (C=O) groups excluding carboxylic acids is 1. The Morgan fingerprint density at radius 3 is 2.61 bits per heavy atom. The van der Waals surface area contributed by atoms with Crippen LogP contribution in [0.15, 0.2) is 12.3 Å². The van der Waals surface area contributed by atoms with Gasteiger partial charge in [0.2, 0.25) is 0 Å². The summed E-state index contributed by atoms with van der Waals surface area (Å²) in [5.41, 5.74) is 0.894. The summed E-state index contributed by atoms with van der Waals surface area (Å²) < 4.78 is 1.99. The van der Waals surface area contributed by atoms with Crippen LogP contribution in [0.4, 0.5) is 0 Å². The van der Waals surface area contributed by atoms with Gasteiger partial charge in [-0.2, -0.15) is 5.10 Å². The van der Waals surface area contributed by atoms with Crippen LogP contribution < -0.4 is 0 Å². The van der Waals surface area contributed by atoms with Gasteiger partial charge in [-0.25, -0.2) is 0 Å². The van der Waals surface area contributed by atoms with Gasteiger partial charge in [-0.1, -0.05) is 13.8 Å². The normalized spacial score (nSPS) is 11.4. The average molecular weight is 251 g/mol. The Balaban J connectivity index is 2.50. The van der Waals surface area contributed by atoms with Crippen molar-refractivity contribution in [3.63, 3.8) is 0 Å². The molecule has 1 rings (SSSR count). The molecule has 0 bridgehead atoms. The van der Waals surface area contributed by atoms with Crippen LogP contribution in [0, 0.1) is 0 Å². The molecule has 18 heavy (non-hydrogen) atoms. The molecule has 0 aliphatic rings. The van der Waals surface area contributed by atoms with Crippen molar-refractivity contribution in [2.45, 2.75) is 45.6 Å². The lowest BCUT2D eigenvalue weighted by molar-refractivity contribution is -0.118. The van der Waals surface area contributed by atoms with Crippen LogP contribution in [0.3, 0.4) is 0 Å². The van der Waals surface area contributed by atoms with Crippen molar-refractivity contribution in [1.82, 2.24) is 14.7 Å². The monoisotopic (exact) mass is 251 g/mol. The zero-order valence-corrected chi connectivity index (χ0v) is 12.0. The molecule has 0 radical (unpaired) electrons. The second-order valence-electron chi connectivity index (χ2n) is 5.03. The molecule has 0 fully saturated rings. The number of nitrogens with zero attached hydrogens (tertiary/aromatic N) is 3. The number of ketones is 1. The minimum absolute atomic E-state index is 0.262. The van der Waals surface area contributed by atoms with E-state index in [0.717, 1.165) is 25.1 Å². The second-order valence-corrected chi connectivity index (χ2v) is 5.03. The summed E-state index contributed by atoms with van der Waals surface area (Å²) in [4.78, 5) is 13.8. The third-order valence-corrected chi connectivity index (χ3v) is 3.20. The standard InChI is InChI=1S/C14H25N3O/c1-5-13(6-2)17-10-7-12(15-17)11-14(18)8-9-16(3)4/h7,10,13H,5-6,8-9,11H2,1-4H3. The zero-order chi connectivity index (χ0) is 13.5. The van der Waals surface area contributed by atoms with Crippen molar-refractivity contribution < 1.29 is 4.79 Å². The van der Waals surface area contributed by atoms with Gasteiger partial charge in [0.25, 0.3) is 0 Å². The quantitative estimate of drug-likeness (QED) is 0.711. The third-order valence-electron chi connectivity index (χ3n) is 3.20. The van der Waals surface area contributed by atoms with Crippen LogP contribution in [0.1, 0.15) is 44.8 Å². The van der Waals surface area contributed by atoms with E-state index in [2.05, 4.69) is 18.9 Å². The summed E-state index contributed by atoms with van der Waals surface area (Å²) in [7, 11) is 3.96. The number of aromatic nitrogens is 2. The minimum atomic E-state index is 0.262. The van der Waals surface area contributed by atoms with Gasteiger partial charge in [0.15, 0.2) is 0 Å². The number of Topliss-reactive ketones (excluding diaryl/α,β-unsaturated/α-hetero) is 1. The summed E-state index contributed by atoms with van der Waals surface area (Å²) in [5, 5.41) is 4.50. The van der Waals surface area contributed by atoms with E-state index in [1.165, 1.54) is 0 Å². The van der Waals surface area contributed by atoms with Gasteiger partial charge >= 0.3 is 0 Å². The van der Waals surface area contributed by atoms with E-state index < -0.39 is 0 Å². The second kappa shape index (κ2) is 7.31. The Kier molecular flexibility index (Phi) is 6.05. The predicted molar refractivity (Wildman–Crippen MR) is 73.7 cm³/mol. The summed E-state index contributed by atoms with van der Waals surface area (Å²) in [5.74, 6) is 0.262. The van der Waals surface area contributed by atoms with E-state index in [1.807, 2.05) is 35.9 Å².